The van der Waals surface area contributed by atoms with Crippen molar-refractivity contribution in [2.45, 2.75) is 67.7 Å². The van der Waals surface area contributed by atoms with Gasteiger partial charge in [-0.05, 0) is 32.0 Å². The van der Waals surface area contributed by atoms with Gasteiger partial charge in [-0.15, -0.1) is 0 Å². The molecule has 1 aromatic carbocycles. The average molecular weight is 631 g/mol. The van der Waals surface area contributed by atoms with Crippen molar-refractivity contribution >= 4 is 27.4 Å². The number of aromatic nitrogens is 2. The van der Waals surface area contributed by atoms with Gasteiger partial charge >= 0.3 is 18.4 Å². The number of carbonyl (C=O) groups is 1. The zero-order chi connectivity index (χ0) is 31.3. The summed E-state index contributed by atoms with van der Waals surface area (Å²) in [6, 6.07) is 1.36. The van der Waals surface area contributed by atoms with Crippen molar-refractivity contribution < 1.29 is 58.2 Å². The van der Waals surface area contributed by atoms with Crippen LogP contribution in [0.5, 0.6) is 5.88 Å². The summed E-state index contributed by atoms with van der Waals surface area (Å²) < 4.78 is 133. The molecule has 0 saturated carbocycles. The summed E-state index contributed by atoms with van der Waals surface area (Å²) in [5, 5.41) is 2.73. The monoisotopic (exact) mass is 630 g/mol. The summed E-state index contributed by atoms with van der Waals surface area (Å²) in [6.45, 7) is 0.936. The molecule has 2 aromatic rings. The van der Waals surface area contributed by atoms with E-state index in [1.165, 1.54) is 12.1 Å². The lowest BCUT2D eigenvalue weighted by atomic mass is 9.92. The van der Waals surface area contributed by atoms with E-state index < -0.39 is 57.9 Å². The van der Waals surface area contributed by atoms with Crippen molar-refractivity contribution in [3.05, 3.63) is 35.9 Å². The van der Waals surface area contributed by atoms with Crippen molar-refractivity contribution in [1.82, 2.24) is 14.9 Å². The maximum Gasteiger partial charge on any atom is 0.437 e. The smallest absolute Gasteiger partial charge is 0.437 e. The van der Waals surface area contributed by atoms with Crippen LogP contribution in [0.3, 0.4) is 0 Å². The van der Waals surface area contributed by atoms with Crippen LogP contribution in [0.4, 0.5) is 47.0 Å². The third-order valence-electron chi connectivity index (χ3n) is 7.00. The van der Waals surface area contributed by atoms with Crippen LogP contribution in [-0.2, 0) is 19.3 Å². The topological polar surface area (TPSA) is 120 Å². The van der Waals surface area contributed by atoms with E-state index in [9.17, 15) is 43.9 Å². The number of halogens is 7. The molecule has 2 unspecified atom stereocenters. The Morgan fingerprint density at radius 3 is 2.19 bits per heavy atom. The zero-order valence-electron chi connectivity index (χ0n) is 22.2. The lowest BCUT2D eigenvalue weighted by Gasteiger charge is -2.48. The number of fused-ring (bicyclic) bond motifs is 2. The lowest BCUT2D eigenvalue weighted by Crippen LogP contribution is -2.64. The fourth-order valence-corrected chi connectivity index (χ4v) is 5.19. The van der Waals surface area contributed by atoms with E-state index >= 15 is 0 Å². The van der Waals surface area contributed by atoms with E-state index in [0.29, 0.717) is 5.56 Å². The van der Waals surface area contributed by atoms with Gasteiger partial charge in [-0.25, -0.2) is 27.6 Å². The van der Waals surface area contributed by atoms with E-state index in [4.69, 9.17) is 9.47 Å². The molecule has 42 heavy (non-hydrogen) atoms. The van der Waals surface area contributed by atoms with Crippen molar-refractivity contribution in [2.24, 2.45) is 0 Å². The Hall–Kier alpha value is -3.41. The molecule has 1 amide bonds. The van der Waals surface area contributed by atoms with Gasteiger partial charge in [-0.3, -0.25) is 4.90 Å². The van der Waals surface area contributed by atoms with Crippen LogP contribution in [0.1, 0.15) is 25.3 Å². The number of rotatable bonds is 6. The molecule has 1 N–H and O–H groups in total. The minimum Gasteiger partial charge on any atom is -0.474 e. The van der Waals surface area contributed by atoms with E-state index in [1.807, 2.05) is 0 Å². The number of hydrogen-bond donors (Lipinski definition) is 1. The first-order valence-corrected chi connectivity index (χ1v) is 14.2. The molecule has 3 heterocycles. The Balaban J connectivity index is 1.49. The summed E-state index contributed by atoms with van der Waals surface area (Å²) >= 11 is 0. The quantitative estimate of drug-likeness (QED) is 0.453. The Bertz CT molecular complexity index is 1430. The highest BCUT2D eigenvalue weighted by Crippen LogP contribution is 2.46. The SMILES string of the molecule is Cc1c(Nc2ccc(S(C)(=O)=O)cc2F)ncnc1OC1CC2COCC(C1)N2C(=O)OC(C)(C(F)(F)F)C(F)(F)F. The van der Waals surface area contributed by atoms with Gasteiger partial charge in [-0.1, -0.05) is 0 Å². The number of anilines is 2. The lowest BCUT2D eigenvalue weighted by molar-refractivity contribution is -0.360. The number of amides is 1. The third kappa shape index (κ3) is 6.18. The van der Waals surface area contributed by atoms with E-state index in [2.05, 4.69) is 20.0 Å². The van der Waals surface area contributed by atoms with Crippen molar-refractivity contribution in [2.75, 3.05) is 24.8 Å². The van der Waals surface area contributed by atoms with Crippen LogP contribution in [0.25, 0.3) is 0 Å². The van der Waals surface area contributed by atoms with Gasteiger partial charge < -0.3 is 19.5 Å². The Morgan fingerprint density at radius 1 is 1.07 bits per heavy atom. The highest BCUT2D eigenvalue weighted by atomic mass is 32.2. The van der Waals surface area contributed by atoms with Gasteiger partial charge in [-0.2, -0.15) is 26.3 Å². The molecular weight excluding hydrogens is 605 g/mol. The van der Waals surface area contributed by atoms with Gasteiger partial charge in [0.15, 0.2) is 9.84 Å². The van der Waals surface area contributed by atoms with Crippen molar-refractivity contribution in [3.8, 4) is 5.88 Å². The Labute approximate surface area is 235 Å². The van der Waals surface area contributed by atoms with Crippen LogP contribution in [0.15, 0.2) is 29.4 Å². The van der Waals surface area contributed by atoms with Crippen LogP contribution >= 0.6 is 0 Å². The van der Waals surface area contributed by atoms with Crippen LogP contribution in [0.2, 0.25) is 0 Å². The second kappa shape index (κ2) is 11.0. The number of benzene rings is 1. The molecule has 18 heteroatoms. The maximum atomic E-state index is 14.6. The van der Waals surface area contributed by atoms with Gasteiger partial charge in [0.1, 0.15) is 24.1 Å². The van der Waals surface area contributed by atoms with E-state index in [1.54, 1.807) is 6.92 Å². The normalized spacial score (nSPS) is 21.6. The van der Waals surface area contributed by atoms with Gasteiger partial charge in [0, 0.05) is 19.1 Å². The number of carbonyl (C=O) groups excluding carboxylic acids is 1. The molecule has 2 atom stereocenters. The van der Waals surface area contributed by atoms with Crippen LogP contribution in [0, 0.1) is 12.7 Å². The fourth-order valence-electron chi connectivity index (χ4n) is 4.56. The largest absolute Gasteiger partial charge is 0.474 e. The van der Waals surface area contributed by atoms with Gasteiger partial charge in [0.25, 0.3) is 5.60 Å². The molecule has 2 fully saturated rings. The third-order valence-corrected chi connectivity index (χ3v) is 8.11. The summed E-state index contributed by atoms with van der Waals surface area (Å²) in [5.41, 5.74) is -4.48. The number of sulfone groups is 1. The summed E-state index contributed by atoms with van der Waals surface area (Å²) in [4.78, 5) is 21.4. The number of morpholine rings is 1. The Kier molecular flexibility index (Phi) is 8.27. The highest BCUT2D eigenvalue weighted by Gasteiger charge is 2.71. The summed E-state index contributed by atoms with van der Waals surface area (Å²) in [5.74, 6) is -0.700. The predicted octanol–water partition coefficient (Wildman–Crippen LogP) is 4.70. The first kappa shape index (κ1) is 31.5. The molecule has 0 radical (unpaired) electrons. The Morgan fingerprint density at radius 2 is 1.67 bits per heavy atom. The maximum absolute atomic E-state index is 14.6. The van der Waals surface area contributed by atoms with Crippen LogP contribution < -0.4 is 10.1 Å². The highest BCUT2D eigenvalue weighted by molar-refractivity contribution is 7.90. The standard InChI is InChI=1S/C24H25F7N4O6S/c1-12-19(34-18-5-4-16(8-17(18)25)42(3,37)38)32-11-33-20(12)40-15-6-13-9-39-10-14(7-15)35(13)21(36)41-22(2,23(26,27)28)24(29,30)31/h4-5,8,11,13-15H,6-7,9-10H2,1-3H3,(H,32,33,34). The van der Waals surface area contributed by atoms with E-state index in [-0.39, 0.29) is 55.3 Å². The molecule has 10 nitrogen and oxygen atoms in total. The van der Waals surface area contributed by atoms with Crippen molar-refractivity contribution in [1.29, 1.82) is 0 Å². The molecule has 2 saturated heterocycles. The molecular formula is C24H25F7N4O6S. The number of ether oxygens (including phenoxy) is 3. The molecule has 2 aliphatic rings. The summed E-state index contributed by atoms with van der Waals surface area (Å²) in [7, 11) is -3.64. The van der Waals surface area contributed by atoms with Gasteiger partial charge in [0.05, 0.1) is 41.4 Å². The fraction of sp³-hybridized carbons (Fsp3) is 0.542. The first-order valence-electron chi connectivity index (χ1n) is 12.3. The first-order chi connectivity index (χ1) is 19.3. The number of nitrogens with one attached hydrogen (secondary N) is 1. The van der Waals surface area contributed by atoms with Crippen LogP contribution in [-0.4, -0.2) is 85.0 Å². The molecule has 1 aromatic heterocycles. The molecule has 2 bridgehead atoms. The average Bonchev–Trinajstić information content (AvgIpc) is 2.85. The molecule has 2 aliphatic heterocycles. The molecule has 0 aliphatic carbocycles. The second-order valence-electron chi connectivity index (χ2n) is 10.1. The second-order valence-corrected chi connectivity index (χ2v) is 12.1. The number of alkyl halides is 6. The van der Waals surface area contributed by atoms with Gasteiger partial charge in [0.2, 0.25) is 5.88 Å². The molecule has 0 spiro atoms. The minimum absolute atomic E-state index is 0.0336. The molecule has 4 rings (SSSR count). The number of hydrogen-bond acceptors (Lipinski definition) is 9. The van der Waals surface area contributed by atoms with E-state index in [0.717, 1.165) is 23.5 Å². The number of nitrogens with zero attached hydrogens (tertiary/aromatic N) is 3. The summed E-state index contributed by atoms with van der Waals surface area (Å²) in [6.07, 6.45) is -12.3. The van der Waals surface area contributed by atoms with Crippen molar-refractivity contribution in [3.63, 3.8) is 0 Å². The zero-order valence-corrected chi connectivity index (χ0v) is 23.0. The minimum atomic E-state index is -5.91. The predicted molar refractivity (Wildman–Crippen MR) is 130 cm³/mol. The molecule has 232 valence electrons. The number of piperidine rings is 1.